The highest BCUT2D eigenvalue weighted by atomic mass is 16.3. The molecule has 0 fully saturated rings. The molecule has 0 saturated carbocycles. The normalized spacial score (nSPS) is 10.8. The minimum atomic E-state index is -0.116. The maximum atomic E-state index is 13.1. The van der Waals surface area contributed by atoms with Gasteiger partial charge in [0.1, 0.15) is 11.5 Å². The summed E-state index contributed by atoms with van der Waals surface area (Å²) in [5, 5.41) is 4.68. The second kappa shape index (κ2) is 7.92. The summed E-state index contributed by atoms with van der Waals surface area (Å²) in [5.74, 6) is 0.616. The largest absolute Gasteiger partial charge is 0.467 e. The highest BCUT2D eigenvalue weighted by Gasteiger charge is 2.22. The van der Waals surface area contributed by atoms with Gasteiger partial charge in [0.05, 0.1) is 24.9 Å². The van der Waals surface area contributed by atoms with Gasteiger partial charge in [-0.15, -0.1) is 0 Å². The van der Waals surface area contributed by atoms with Crippen LogP contribution >= 0.6 is 0 Å². The molecule has 0 bridgehead atoms. The number of carbonyl (C=O) groups excluding carboxylic acids is 1. The first-order chi connectivity index (χ1) is 13.7. The number of benzene rings is 1. The van der Waals surface area contributed by atoms with Crippen molar-refractivity contribution >= 4 is 5.91 Å². The van der Waals surface area contributed by atoms with E-state index in [1.807, 2.05) is 54.6 Å². The van der Waals surface area contributed by atoms with Gasteiger partial charge in [-0.25, -0.2) is 0 Å². The first-order valence-corrected chi connectivity index (χ1v) is 9.00. The fraction of sp³-hybridized carbons (Fsp3) is 0.136. The van der Waals surface area contributed by atoms with Gasteiger partial charge in [0.25, 0.3) is 5.91 Å². The molecule has 0 spiro atoms. The number of nitrogens with zero attached hydrogens (tertiary/aromatic N) is 4. The van der Waals surface area contributed by atoms with Crippen molar-refractivity contribution in [3.8, 4) is 11.3 Å². The zero-order valence-corrected chi connectivity index (χ0v) is 15.5. The molecular weight excluding hydrogens is 352 g/mol. The summed E-state index contributed by atoms with van der Waals surface area (Å²) in [4.78, 5) is 18.9. The lowest BCUT2D eigenvalue weighted by molar-refractivity contribution is 0.0776. The quantitative estimate of drug-likeness (QED) is 0.516. The van der Waals surface area contributed by atoms with E-state index in [9.17, 15) is 4.79 Å². The van der Waals surface area contributed by atoms with Crippen molar-refractivity contribution < 1.29 is 9.21 Å². The maximum absolute atomic E-state index is 13.1. The highest BCUT2D eigenvalue weighted by molar-refractivity contribution is 5.99. The Bertz CT molecular complexity index is 1040. The van der Waals surface area contributed by atoms with Crippen molar-refractivity contribution in [2.75, 3.05) is 7.05 Å². The molecule has 3 aromatic heterocycles. The first-order valence-electron chi connectivity index (χ1n) is 9.00. The maximum Gasteiger partial charge on any atom is 0.257 e. The molecule has 1 aromatic carbocycles. The molecule has 0 atom stereocenters. The van der Waals surface area contributed by atoms with Gasteiger partial charge in [-0.2, -0.15) is 5.10 Å². The Hall–Kier alpha value is -3.67. The Balaban J connectivity index is 1.66. The number of aromatic nitrogens is 3. The molecule has 0 aliphatic carbocycles. The predicted octanol–water partition coefficient (Wildman–Crippen LogP) is 3.86. The summed E-state index contributed by atoms with van der Waals surface area (Å²) in [5.41, 5.74) is 3.09. The summed E-state index contributed by atoms with van der Waals surface area (Å²) in [7, 11) is 1.76. The number of amides is 1. The van der Waals surface area contributed by atoms with E-state index >= 15 is 0 Å². The Morgan fingerprint density at radius 3 is 2.68 bits per heavy atom. The predicted molar refractivity (Wildman–Crippen MR) is 106 cm³/mol. The third kappa shape index (κ3) is 3.86. The molecule has 0 unspecified atom stereocenters. The van der Waals surface area contributed by atoms with Crippen LogP contribution in [0.25, 0.3) is 11.3 Å². The van der Waals surface area contributed by atoms with Crippen LogP contribution in [0.15, 0.2) is 83.9 Å². The van der Waals surface area contributed by atoms with E-state index in [1.165, 1.54) is 0 Å². The van der Waals surface area contributed by atoms with Crippen LogP contribution in [0.5, 0.6) is 0 Å². The van der Waals surface area contributed by atoms with E-state index in [-0.39, 0.29) is 5.91 Å². The van der Waals surface area contributed by atoms with Crippen LogP contribution < -0.4 is 0 Å². The molecule has 0 radical (unpaired) electrons. The number of hydrogen-bond acceptors (Lipinski definition) is 4. The van der Waals surface area contributed by atoms with E-state index in [1.54, 1.807) is 41.5 Å². The lowest BCUT2D eigenvalue weighted by Crippen LogP contribution is -2.26. The van der Waals surface area contributed by atoms with Crippen molar-refractivity contribution in [1.29, 1.82) is 0 Å². The Kier molecular flexibility index (Phi) is 5.01. The lowest BCUT2D eigenvalue weighted by atomic mass is 10.1. The van der Waals surface area contributed by atoms with Crippen LogP contribution in [0.4, 0.5) is 0 Å². The fourth-order valence-electron chi connectivity index (χ4n) is 3.06. The molecule has 0 saturated heterocycles. The zero-order chi connectivity index (χ0) is 19.3. The minimum Gasteiger partial charge on any atom is -0.467 e. The van der Waals surface area contributed by atoms with Gasteiger partial charge in [-0.05, 0) is 29.8 Å². The third-order valence-corrected chi connectivity index (χ3v) is 4.43. The standard InChI is InChI=1S/C22H20N4O2/c1-25(15-19-10-6-12-28-19)22(27)20-16-26(14-17-7-3-2-4-8-17)24-21(20)18-9-5-11-23-13-18/h2-13,16H,14-15H2,1H3. The van der Waals surface area contributed by atoms with Crippen molar-refractivity contribution in [1.82, 2.24) is 19.7 Å². The average molecular weight is 372 g/mol. The first kappa shape index (κ1) is 17.7. The van der Waals surface area contributed by atoms with Crippen LogP contribution in [0.1, 0.15) is 21.7 Å². The van der Waals surface area contributed by atoms with Gasteiger partial charge < -0.3 is 9.32 Å². The summed E-state index contributed by atoms with van der Waals surface area (Å²) in [6.45, 7) is 0.978. The molecule has 0 aliphatic heterocycles. The molecule has 0 aliphatic rings. The summed E-state index contributed by atoms with van der Waals surface area (Å²) >= 11 is 0. The van der Waals surface area contributed by atoms with E-state index in [0.717, 1.165) is 16.9 Å². The smallest absolute Gasteiger partial charge is 0.257 e. The second-order valence-electron chi connectivity index (χ2n) is 6.56. The van der Waals surface area contributed by atoms with Crippen molar-refractivity contribution in [2.24, 2.45) is 0 Å². The van der Waals surface area contributed by atoms with E-state index in [0.29, 0.717) is 24.3 Å². The molecule has 4 rings (SSSR count). The fourth-order valence-corrected chi connectivity index (χ4v) is 3.06. The Morgan fingerprint density at radius 2 is 1.96 bits per heavy atom. The number of rotatable bonds is 6. The molecule has 3 heterocycles. The monoisotopic (exact) mass is 372 g/mol. The van der Waals surface area contributed by atoms with Crippen LogP contribution in [0, 0.1) is 0 Å². The van der Waals surface area contributed by atoms with Crippen molar-refractivity contribution in [3.05, 3.63) is 96.3 Å². The Labute approximate surface area is 163 Å². The number of furan rings is 1. The Morgan fingerprint density at radius 1 is 1.11 bits per heavy atom. The van der Waals surface area contributed by atoms with Crippen molar-refractivity contribution in [3.63, 3.8) is 0 Å². The summed E-state index contributed by atoms with van der Waals surface area (Å²) in [6, 6.07) is 17.4. The molecule has 28 heavy (non-hydrogen) atoms. The number of carbonyl (C=O) groups is 1. The number of hydrogen-bond donors (Lipinski definition) is 0. The topological polar surface area (TPSA) is 64.2 Å². The van der Waals surface area contributed by atoms with Gasteiger partial charge in [0.2, 0.25) is 0 Å². The molecule has 4 aromatic rings. The second-order valence-corrected chi connectivity index (χ2v) is 6.56. The van der Waals surface area contributed by atoms with E-state index in [2.05, 4.69) is 10.1 Å². The highest BCUT2D eigenvalue weighted by Crippen LogP contribution is 2.23. The van der Waals surface area contributed by atoms with Gasteiger partial charge >= 0.3 is 0 Å². The van der Waals surface area contributed by atoms with Gasteiger partial charge in [-0.1, -0.05) is 30.3 Å². The number of pyridine rings is 1. The summed E-state index contributed by atoms with van der Waals surface area (Å²) in [6.07, 6.45) is 6.83. The van der Waals surface area contributed by atoms with Gasteiger partial charge in [0.15, 0.2) is 0 Å². The molecule has 140 valence electrons. The zero-order valence-electron chi connectivity index (χ0n) is 15.5. The SMILES string of the molecule is CN(Cc1ccco1)C(=O)c1cn(Cc2ccccc2)nc1-c1cccnc1. The van der Waals surface area contributed by atoms with Gasteiger partial charge in [-0.3, -0.25) is 14.5 Å². The van der Waals surface area contributed by atoms with Crippen LogP contribution in [-0.4, -0.2) is 32.6 Å². The van der Waals surface area contributed by atoms with Crippen LogP contribution in [0.2, 0.25) is 0 Å². The van der Waals surface area contributed by atoms with Crippen LogP contribution in [-0.2, 0) is 13.1 Å². The lowest BCUT2D eigenvalue weighted by Gasteiger charge is -2.15. The minimum absolute atomic E-state index is 0.116. The average Bonchev–Trinajstić information content (AvgIpc) is 3.39. The third-order valence-electron chi connectivity index (χ3n) is 4.43. The summed E-state index contributed by atoms with van der Waals surface area (Å²) < 4.78 is 7.16. The van der Waals surface area contributed by atoms with Crippen LogP contribution in [0.3, 0.4) is 0 Å². The van der Waals surface area contributed by atoms with E-state index in [4.69, 9.17) is 4.42 Å². The molecular formula is C22H20N4O2. The molecule has 0 N–H and O–H groups in total. The van der Waals surface area contributed by atoms with E-state index < -0.39 is 0 Å². The van der Waals surface area contributed by atoms with Gasteiger partial charge in [0, 0.05) is 31.2 Å². The van der Waals surface area contributed by atoms with Crippen molar-refractivity contribution in [2.45, 2.75) is 13.1 Å². The molecule has 1 amide bonds. The molecule has 6 nitrogen and oxygen atoms in total. The molecule has 6 heteroatoms.